The Balaban J connectivity index is 1.97. The Morgan fingerprint density at radius 1 is 1.00 bits per heavy atom. The maximum Gasteiger partial charge on any atom is 0.424 e. The molecule has 0 bridgehead atoms. The number of nitro groups is 1. The van der Waals surface area contributed by atoms with E-state index >= 15 is 0 Å². The zero-order valence-electron chi connectivity index (χ0n) is 16.5. The van der Waals surface area contributed by atoms with Crippen molar-refractivity contribution in [2.75, 3.05) is 6.61 Å². The fourth-order valence-corrected chi connectivity index (χ4v) is 4.43. The lowest BCUT2D eigenvalue weighted by Crippen LogP contribution is -2.37. The number of amides is 1. The number of rotatable bonds is 5. The van der Waals surface area contributed by atoms with E-state index in [0.717, 1.165) is 36.4 Å². The van der Waals surface area contributed by atoms with Gasteiger partial charge in [0.05, 0.1) is 20.9 Å². The third-order valence-electron chi connectivity index (χ3n) is 4.58. The van der Waals surface area contributed by atoms with Crippen molar-refractivity contribution < 1.29 is 49.2 Å². The molecular weight excluding hydrogens is 498 g/mol. The number of ether oxygens (including phenoxy) is 1. The predicted octanol–water partition coefficient (Wildman–Crippen LogP) is 4.86. The molecule has 0 aromatic heterocycles. The van der Waals surface area contributed by atoms with Crippen molar-refractivity contribution in [3.63, 3.8) is 0 Å². The molecule has 0 N–H and O–H groups in total. The van der Waals surface area contributed by atoms with E-state index in [1.807, 2.05) is 0 Å². The van der Waals surface area contributed by atoms with Crippen LogP contribution in [0.25, 0.3) is 6.08 Å². The van der Waals surface area contributed by atoms with E-state index in [1.165, 1.54) is 0 Å². The van der Waals surface area contributed by atoms with Gasteiger partial charge in [0, 0.05) is 12.1 Å². The van der Waals surface area contributed by atoms with Crippen LogP contribution in [0.4, 0.5) is 36.8 Å². The number of sulfonamides is 1. The minimum absolute atomic E-state index is 0.0646. The number of cyclic esters (lactones) is 1. The molecular formula is C19H12F6N2O6S. The van der Waals surface area contributed by atoms with Crippen LogP contribution < -0.4 is 0 Å². The Labute approximate surface area is 187 Å². The topological polar surface area (TPSA) is 107 Å². The van der Waals surface area contributed by atoms with Crippen molar-refractivity contribution >= 4 is 27.9 Å². The maximum atomic E-state index is 13.0. The van der Waals surface area contributed by atoms with Crippen molar-refractivity contribution in [2.45, 2.75) is 23.3 Å². The quantitative estimate of drug-likeness (QED) is 0.323. The van der Waals surface area contributed by atoms with Gasteiger partial charge in [-0.05, 0) is 35.9 Å². The van der Waals surface area contributed by atoms with Gasteiger partial charge in [-0.1, -0.05) is 12.2 Å². The van der Waals surface area contributed by atoms with E-state index in [9.17, 15) is 49.7 Å². The largest absolute Gasteiger partial charge is 0.446 e. The van der Waals surface area contributed by atoms with Gasteiger partial charge in [0.1, 0.15) is 12.6 Å². The second-order valence-corrected chi connectivity index (χ2v) is 8.71. The van der Waals surface area contributed by atoms with Crippen LogP contribution in [0.2, 0.25) is 0 Å². The molecule has 0 radical (unpaired) electrons. The standard InChI is InChI=1S/C19H12F6N2O6S/c20-18(21,22)12-7-11(8-13(9-12)19(23,24)25)1-2-15-10-33-17(28)26(15)34(31,32)16-5-3-14(4-6-16)27(29)30/h1-9,15H,10H2/b2-1+. The van der Waals surface area contributed by atoms with Crippen LogP contribution in [0.1, 0.15) is 16.7 Å². The first-order valence-corrected chi connectivity index (χ1v) is 10.5. The molecule has 2 aromatic carbocycles. The number of nitrogens with zero attached hydrogens (tertiary/aromatic N) is 2. The molecule has 1 heterocycles. The van der Waals surface area contributed by atoms with Crippen molar-refractivity contribution in [3.05, 3.63) is 75.3 Å². The van der Waals surface area contributed by atoms with E-state index in [4.69, 9.17) is 0 Å². The van der Waals surface area contributed by atoms with Gasteiger partial charge in [0.15, 0.2) is 0 Å². The first kappa shape index (κ1) is 25.0. The summed E-state index contributed by atoms with van der Waals surface area (Å²) < 4.78 is 109. The van der Waals surface area contributed by atoms with Gasteiger partial charge in [-0.15, -0.1) is 0 Å². The van der Waals surface area contributed by atoms with Crippen molar-refractivity contribution in [2.24, 2.45) is 0 Å². The molecule has 3 rings (SSSR count). The number of benzene rings is 2. The zero-order chi connectivity index (χ0) is 25.5. The number of hydrogen-bond acceptors (Lipinski definition) is 6. The summed E-state index contributed by atoms with van der Waals surface area (Å²) in [5.41, 5.74) is -4.12. The molecule has 8 nitrogen and oxygen atoms in total. The maximum absolute atomic E-state index is 13.0. The van der Waals surface area contributed by atoms with E-state index < -0.39 is 73.3 Å². The SMILES string of the molecule is O=C1OCC(/C=C/c2cc(C(F)(F)F)cc(C(F)(F)F)c2)N1S(=O)(=O)c1ccc([N+](=O)[O-])cc1. The number of non-ortho nitro benzene ring substituents is 1. The van der Waals surface area contributed by atoms with Crippen LogP contribution in [0, 0.1) is 10.1 Å². The molecule has 0 spiro atoms. The van der Waals surface area contributed by atoms with Crippen LogP contribution in [0.3, 0.4) is 0 Å². The Hall–Kier alpha value is -3.62. The highest BCUT2D eigenvalue weighted by molar-refractivity contribution is 7.89. The summed E-state index contributed by atoms with van der Waals surface area (Å²) >= 11 is 0. The molecule has 0 saturated carbocycles. The smallest absolute Gasteiger partial charge is 0.424 e. The lowest BCUT2D eigenvalue weighted by Gasteiger charge is -2.19. The third kappa shape index (κ3) is 5.13. The average Bonchev–Trinajstić information content (AvgIpc) is 3.12. The molecule has 1 fully saturated rings. The number of carbonyl (C=O) groups excluding carboxylic acids is 1. The minimum atomic E-state index is -5.08. The lowest BCUT2D eigenvalue weighted by atomic mass is 10.0. The molecule has 1 aliphatic heterocycles. The van der Waals surface area contributed by atoms with Gasteiger partial charge in [0.2, 0.25) is 0 Å². The van der Waals surface area contributed by atoms with Crippen LogP contribution in [-0.4, -0.2) is 36.4 Å². The van der Waals surface area contributed by atoms with Crippen molar-refractivity contribution in [1.82, 2.24) is 4.31 Å². The van der Waals surface area contributed by atoms with E-state index in [0.29, 0.717) is 12.1 Å². The zero-order valence-corrected chi connectivity index (χ0v) is 17.3. The van der Waals surface area contributed by atoms with E-state index in [-0.39, 0.29) is 10.4 Å². The highest BCUT2D eigenvalue weighted by atomic mass is 32.2. The van der Waals surface area contributed by atoms with Gasteiger partial charge >= 0.3 is 18.4 Å². The highest BCUT2D eigenvalue weighted by Crippen LogP contribution is 2.37. The first-order valence-electron chi connectivity index (χ1n) is 9.04. The van der Waals surface area contributed by atoms with Crippen molar-refractivity contribution in [3.8, 4) is 0 Å². The van der Waals surface area contributed by atoms with Crippen LogP contribution >= 0.6 is 0 Å². The second kappa shape index (κ2) is 8.62. The number of carbonyl (C=O) groups is 1. The van der Waals surface area contributed by atoms with Crippen molar-refractivity contribution in [1.29, 1.82) is 0 Å². The summed E-state index contributed by atoms with van der Waals surface area (Å²) in [6.07, 6.45) is -9.80. The molecule has 2 aromatic rings. The van der Waals surface area contributed by atoms with Crippen LogP contribution in [0.5, 0.6) is 0 Å². The van der Waals surface area contributed by atoms with Gasteiger partial charge < -0.3 is 4.74 Å². The molecule has 182 valence electrons. The summed E-state index contributed by atoms with van der Waals surface area (Å²) in [6, 6.07) is 2.87. The van der Waals surface area contributed by atoms with Gasteiger partial charge in [0.25, 0.3) is 15.7 Å². The monoisotopic (exact) mass is 510 g/mol. The highest BCUT2D eigenvalue weighted by Gasteiger charge is 2.42. The summed E-state index contributed by atoms with van der Waals surface area (Å²) in [7, 11) is -4.62. The molecule has 1 atom stereocenters. The molecule has 1 aliphatic rings. The second-order valence-electron chi connectivity index (χ2n) is 6.89. The number of halogens is 6. The van der Waals surface area contributed by atoms with E-state index in [2.05, 4.69) is 4.74 Å². The summed E-state index contributed by atoms with van der Waals surface area (Å²) in [4.78, 5) is 21.5. The van der Waals surface area contributed by atoms with Crippen LogP contribution in [0.15, 0.2) is 53.4 Å². The number of alkyl halides is 6. The van der Waals surface area contributed by atoms with E-state index in [1.54, 1.807) is 0 Å². The number of nitro benzene ring substituents is 1. The summed E-state index contributed by atoms with van der Waals surface area (Å²) in [5, 5.41) is 10.7. The Kier molecular flexibility index (Phi) is 6.34. The average molecular weight is 510 g/mol. The molecule has 15 heteroatoms. The predicted molar refractivity (Wildman–Crippen MR) is 103 cm³/mol. The normalized spacial score (nSPS) is 17.3. The number of hydrogen-bond donors (Lipinski definition) is 0. The summed E-state index contributed by atoms with van der Waals surface area (Å²) in [5.74, 6) is 0. The molecule has 0 aliphatic carbocycles. The first-order chi connectivity index (χ1) is 15.6. The van der Waals surface area contributed by atoms with Crippen LogP contribution in [-0.2, 0) is 27.1 Å². The summed E-state index contributed by atoms with van der Waals surface area (Å²) in [6.45, 7) is -0.563. The molecule has 1 saturated heterocycles. The van der Waals surface area contributed by atoms with Gasteiger partial charge in [-0.2, -0.15) is 30.6 Å². The lowest BCUT2D eigenvalue weighted by molar-refractivity contribution is -0.384. The Morgan fingerprint density at radius 2 is 1.53 bits per heavy atom. The fourth-order valence-electron chi connectivity index (χ4n) is 2.98. The molecule has 34 heavy (non-hydrogen) atoms. The fraction of sp³-hybridized carbons (Fsp3) is 0.211. The Bertz CT molecular complexity index is 1220. The molecule has 1 amide bonds. The molecule has 1 unspecified atom stereocenters. The van der Waals surface area contributed by atoms with Gasteiger partial charge in [-0.25, -0.2) is 13.2 Å². The van der Waals surface area contributed by atoms with Gasteiger partial charge in [-0.3, -0.25) is 10.1 Å². The Morgan fingerprint density at radius 3 is 2.00 bits per heavy atom. The third-order valence-corrected chi connectivity index (χ3v) is 6.39. The minimum Gasteiger partial charge on any atom is -0.446 e.